The maximum Gasteiger partial charge on any atom is 0.217 e. The summed E-state index contributed by atoms with van der Waals surface area (Å²) in [6.07, 6.45) is 4.22. The normalized spacial score (nSPS) is 17.0. The van der Waals surface area contributed by atoms with Gasteiger partial charge >= 0.3 is 0 Å². The molecular formula is C26H30F2N4O2S. The number of aliphatic hydroxyl groups excluding tert-OH is 1. The second-order valence-electron chi connectivity index (χ2n) is 9.22. The summed E-state index contributed by atoms with van der Waals surface area (Å²) in [4.78, 5) is 16.1. The predicted molar refractivity (Wildman–Crippen MR) is 132 cm³/mol. The molecule has 0 aliphatic heterocycles. The van der Waals surface area contributed by atoms with Crippen molar-refractivity contribution in [2.24, 2.45) is 0 Å². The fourth-order valence-electron chi connectivity index (χ4n) is 4.95. The molecule has 2 unspecified atom stereocenters. The topological polar surface area (TPSA) is 87.1 Å². The fraction of sp³-hybridized carbons (Fsp3) is 0.423. The highest BCUT2D eigenvalue weighted by atomic mass is 32.1. The third-order valence-electron chi connectivity index (χ3n) is 6.62. The zero-order chi connectivity index (χ0) is 24.8. The molecule has 1 fully saturated rings. The molecule has 6 nitrogen and oxygen atoms in total. The van der Waals surface area contributed by atoms with Crippen LogP contribution in [0.5, 0.6) is 0 Å². The molecule has 0 radical (unpaired) electrons. The summed E-state index contributed by atoms with van der Waals surface area (Å²) in [7, 11) is 0. The number of carbonyl (C=O) groups excluding carboxylic acids is 1. The van der Waals surface area contributed by atoms with E-state index in [1.807, 2.05) is 12.1 Å². The highest BCUT2D eigenvalue weighted by Crippen LogP contribution is 2.38. The minimum absolute atomic E-state index is 0.106. The van der Waals surface area contributed by atoms with Gasteiger partial charge in [-0.25, -0.2) is 13.8 Å². The molecule has 35 heavy (non-hydrogen) atoms. The van der Waals surface area contributed by atoms with Gasteiger partial charge in [0.15, 0.2) is 5.82 Å². The van der Waals surface area contributed by atoms with Gasteiger partial charge in [-0.1, -0.05) is 37.5 Å². The molecule has 1 amide bonds. The van der Waals surface area contributed by atoms with Gasteiger partial charge in [0.1, 0.15) is 17.1 Å². The van der Waals surface area contributed by atoms with Crippen LogP contribution in [-0.4, -0.2) is 39.1 Å². The van der Waals surface area contributed by atoms with Crippen LogP contribution in [-0.2, 0) is 16.8 Å². The van der Waals surface area contributed by atoms with E-state index in [0.717, 1.165) is 49.3 Å². The number of amides is 1. The summed E-state index contributed by atoms with van der Waals surface area (Å²) < 4.78 is 31.7. The number of rotatable bonds is 9. The standard InChI is InChI=1S/C26H30F2N4O2S/c1-17(33)31-23(12-18-10-21(27)14-22(28)11-18)24(34)15-30-26(8-3-2-4-9-26)20-7-5-6-19(13-20)25-29-16-35-32-25/h5-7,10-11,13-14,16,23-24,30,34H,2-4,8-9,12,15H2,1H3,(H,31,33). The predicted octanol–water partition coefficient (Wildman–Crippen LogP) is 4.34. The first-order chi connectivity index (χ1) is 16.8. The molecule has 4 rings (SSSR count). The van der Waals surface area contributed by atoms with Gasteiger partial charge in [0.2, 0.25) is 5.91 Å². The number of nitrogens with zero attached hydrogens (tertiary/aromatic N) is 2. The number of hydrogen-bond acceptors (Lipinski definition) is 6. The number of hydrogen-bond donors (Lipinski definition) is 3. The van der Waals surface area contributed by atoms with Crippen molar-refractivity contribution < 1.29 is 18.7 Å². The Hall–Kier alpha value is -2.75. The van der Waals surface area contributed by atoms with Crippen LogP contribution in [0.2, 0.25) is 0 Å². The first-order valence-corrected chi connectivity index (χ1v) is 12.7. The largest absolute Gasteiger partial charge is 0.390 e. The average Bonchev–Trinajstić information content (AvgIpc) is 3.37. The number of halogens is 2. The highest BCUT2D eigenvalue weighted by molar-refractivity contribution is 7.03. The van der Waals surface area contributed by atoms with Crippen LogP contribution < -0.4 is 10.6 Å². The van der Waals surface area contributed by atoms with Crippen molar-refractivity contribution in [3.63, 3.8) is 0 Å². The summed E-state index contributed by atoms with van der Waals surface area (Å²) in [5, 5.41) is 17.4. The molecule has 0 bridgehead atoms. The smallest absolute Gasteiger partial charge is 0.217 e. The van der Waals surface area contributed by atoms with E-state index in [-0.39, 0.29) is 24.4 Å². The van der Waals surface area contributed by atoms with Crippen molar-refractivity contribution in [2.45, 2.75) is 63.1 Å². The fourth-order valence-corrected chi connectivity index (χ4v) is 5.39. The number of benzene rings is 2. The molecule has 0 spiro atoms. The first-order valence-electron chi connectivity index (χ1n) is 11.9. The molecule has 0 saturated heterocycles. The van der Waals surface area contributed by atoms with Gasteiger partial charge in [-0.3, -0.25) is 4.79 Å². The molecular weight excluding hydrogens is 470 g/mol. The van der Waals surface area contributed by atoms with Crippen LogP contribution in [0, 0.1) is 11.6 Å². The Balaban J connectivity index is 1.53. The van der Waals surface area contributed by atoms with Crippen molar-refractivity contribution in [1.29, 1.82) is 0 Å². The molecule has 3 N–H and O–H groups in total. The van der Waals surface area contributed by atoms with E-state index in [0.29, 0.717) is 11.4 Å². The van der Waals surface area contributed by atoms with Gasteiger partial charge < -0.3 is 15.7 Å². The van der Waals surface area contributed by atoms with Crippen LogP contribution in [0.4, 0.5) is 8.78 Å². The summed E-state index contributed by atoms with van der Waals surface area (Å²) >= 11 is 1.31. The Kier molecular flexibility index (Phi) is 8.20. The lowest BCUT2D eigenvalue weighted by Crippen LogP contribution is -2.53. The lowest BCUT2D eigenvalue weighted by molar-refractivity contribution is -0.120. The van der Waals surface area contributed by atoms with Crippen LogP contribution in [0.1, 0.15) is 50.2 Å². The van der Waals surface area contributed by atoms with Gasteiger partial charge in [-0.15, -0.1) is 0 Å². The summed E-state index contributed by atoms with van der Waals surface area (Å²) in [5.41, 5.74) is 3.80. The van der Waals surface area contributed by atoms with Gasteiger partial charge in [0.05, 0.1) is 12.1 Å². The minimum atomic E-state index is -0.965. The Morgan fingerprint density at radius 2 is 1.89 bits per heavy atom. The molecule has 1 saturated carbocycles. The molecule has 2 aromatic carbocycles. The summed E-state index contributed by atoms with van der Waals surface area (Å²) in [6, 6.07) is 10.7. The van der Waals surface area contributed by atoms with Gasteiger partial charge in [0, 0.05) is 30.6 Å². The molecule has 1 aromatic heterocycles. The lowest BCUT2D eigenvalue weighted by atomic mass is 9.76. The number of aliphatic hydroxyl groups is 1. The van der Waals surface area contributed by atoms with Crippen molar-refractivity contribution in [3.05, 3.63) is 70.7 Å². The van der Waals surface area contributed by atoms with E-state index < -0.39 is 23.8 Å². The van der Waals surface area contributed by atoms with Crippen molar-refractivity contribution >= 4 is 17.4 Å². The lowest BCUT2D eigenvalue weighted by Gasteiger charge is -2.40. The number of aromatic nitrogens is 2. The average molecular weight is 501 g/mol. The van der Waals surface area contributed by atoms with Gasteiger partial charge in [0.25, 0.3) is 0 Å². The maximum atomic E-state index is 13.7. The van der Waals surface area contributed by atoms with Crippen molar-refractivity contribution in [1.82, 2.24) is 20.0 Å². The third kappa shape index (κ3) is 6.48. The van der Waals surface area contributed by atoms with E-state index in [1.54, 1.807) is 5.51 Å². The van der Waals surface area contributed by atoms with E-state index >= 15 is 0 Å². The number of carbonyl (C=O) groups is 1. The Labute approximate surface area is 208 Å². The van der Waals surface area contributed by atoms with E-state index in [2.05, 4.69) is 32.1 Å². The van der Waals surface area contributed by atoms with Gasteiger partial charge in [-0.05, 0) is 60.1 Å². The Bertz CT molecular complexity index is 1120. The van der Waals surface area contributed by atoms with Crippen molar-refractivity contribution in [2.75, 3.05) is 6.54 Å². The molecule has 9 heteroatoms. The van der Waals surface area contributed by atoms with E-state index in [1.165, 1.54) is 30.6 Å². The second kappa shape index (κ2) is 11.3. The molecule has 1 aliphatic carbocycles. The second-order valence-corrected chi connectivity index (χ2v) is 9.82. The quantitative estimate of drug-likeness (QED) is 0.407. The summed E-state index contributed by atoms with van der Waals surface area (Å²) in [6.45, 7) is 1.57. The van der Waals surface area contributed by atoms with Crippen molar-refractivity contribution in [3.8, 4) is 11.4 Å². The number of nitrogens with one attached hydrogen (secondary N) is 2. The zero-order valence-electron chi connectivity index (χ0n) is 19.6. The van der Waals surface area contributed by atoms with E-state index in [4.69, 9.17) is 0 Å². The molecule has 1 aliphatic rings. The third-order valence-corrected chi connectivity index (χ3v) is 7.10. The SMILES string of the molecule is CC(=O)NC(Cc1cc(F)cc(F)c1)C(O)CNC1(c2cccc(-c3ncsn3)c2)CCCCC1. The minimum Gasteiger partial charge on any atom is -0.390 e. The van der Waals surface area contributed by atoms with Crippen LogP contribution in [0.3, 0.4) is 0 Å². The monoisotopic (exact) mass is 500 g/mol. The highest BCUT2D eigenvalue weighted by Gasteiger charge is 2.35. The van der Waals surface area contributed by atoms with Gasteiger partial charge in [-0.2, -0.15) is 4.37 Å². The molecule has 186 valence electrons. The molecule has 3 aromatic rings. The Morgan fingerprint density at radius 3 is 2.54 bits per heavy atom. The van der Waals surface area contributed by atoms with Crippen LogP contribution in [0.15, 0.2) is 48.0 Å². The first kappa shape index (κ1) is 25.3. The van der Waals surface area contributed by atoms with E-state index in [9.17, 15) is 18.7 Å². The molecule has 2 atom stereocenters. The maximum absolute atomic E-state index is 13.7. The Morgan fingerprint density at radius 1 is 1.14 bits per heavy atom. The van der Waals surface area contributed by atoms with Crippen LogP contribution >= 0.6 is 11.5 Å². The molecule has 1 heterocycles. The summed E-state index contributed by atoms with van der Waals surface area (Å²) in [5.74, 6) is -1.01. The zero-order valence-corrected chi connectivity index (χ0v) is 20.5. The van der Waals surface area contributed by atoms with Crippen LogP contribution in [0.25, 0.3) is 11.4 Å².